The highest BCUT2D eigenvalue weighted by Gasteiger charge is 2.10. The quantitative estimate of drug-likeness (QED) is 0.893. The van der Waals surface area contributed by atoms with Gasteiger partial charge in [0.25, 0.3) is 0 Å². The van der Waals surface area contributed by atoms with Crippen LogP contribution in [0.2, 0.25) is 0 Å². The van der Waals surface area contributed by atoms with Crippen LogP contribution in [0.15, 0.2) is 42.6 Å². The third-order valence-electron chi connectivity index (χ3n) is 3.19. The maximum atomic E-state index is 9.13. The summed E-state index contributed by atoms with van der Waals surface area (Å²) in [7, 11) is 0. The molecule has 1 aromatic heterocycles. The molecule has 0 atom stereocenters. The zero-order valence-corrected chi connectivity index (χ0v) is 11.5. The largest absolute Gasteiger partial charge is 0.392 e. The van der Waals surface area contributed by atoms with Gasteiger partial charge in [0, 0.05) is 19.3 Å². The maximum absolute atomic E-state index is 9.13. The summed E-state index contributed by atoms with van der Waals surface area (Å²) < 4.78 is 0. The van der Waals surface area contributed by atoms with Crippen LogP contribution in [0.25, 0.3) is 0 Å². The summed E-state index contributed by atoms with van der Waals surface area (Å²) in [5, 5.41) is 9.13. The van der Waals surface area contributed by atoms with Crippen molar-refractivity contribution < 1.29 is 5.11 Å². The average molecular weight is 256 g/mol. The molecule has 1 aromatic carbocycles. The zero-order valence-electron chi connectivity index (χ0n) is 11.5. The Balaban J connectivity index is 2.22. The van der Waals surface area contributed by atoms with Gasteiger partial charge in [-0.15, -0.1) is 0 Å². The molecule has 2 rings (SSSR count). The van der Waals surface area contributed by atoms with Gasteiger partial charge in [-0.25, -0.2) is 4.98 Å². The molecule has 0 saturated carbocycles. The summed E-state index contributed by atoms with van der Waals surface area (Å²) in [5.41, 5.74) is 3.23. The molecule has 0 radical (unpaired) electrons. The minimum Gasteiger partial charge on any atom is -0.392 e. The zero-order chi connectivity index (χ0) is 13.7. The maximum Gasteiger partial charge on any atom is 0.131 e. The lowest BCUT2D eigenvalue weighted by atomic mass is 10.1. The van der Waals surface area contributed by atoms with Crippen molar-refractivity contribution in [2.75, 3.05) is 11.4 Å². The number of hydrogen-bond acceptors (Lipinski definition) is 3. The van der Waals surface area contributed by atoms with Crippen molar-refractivity contribution in [3.63, 3.8) is 0 Å². The highest BCUT2D eigenvalue weighted by atomic mass is 16.3. The minimum atomic E-state index is 0.0406. The molecule has 0 aliphatic rings. The van der Waals surface area contributed by atoms with Gasteiger partial charge < -0.3 is 10.0 Å². The van der Waals surface area contributed by atoms with E-state index in [1.165, 1.54) is 5.56 Å². The molecule has 100 valence electrons. The topological polar surface area (TPSA) is 36.4 Å². The Morgan fingerprint density at radius 3 is 2.47 bits per heavy atom. The third-order valence-corrected chi connectivity index (χ3v) is 3.19. The first kappa shape index (κ1) is 13.6. The fourth-order valence-electron chi connectivity index (χ4n) is 2.18. The standard InChI is InChI=1S/C16H20N2O/c1-3-18(11-14-7-5-4-6-8-14)16-13(2)9-15(12-19)10-17-16/h4-10,19H,3,11-12H2,1-2H3. The Morgan fingerprint density at radius 1 is 1.16 bits per heavy atom. The Morgan fingerprint density at radius 2 is 1.89 bits per heavy atom. The van der Waals surface area contributed by atoms with Gasteiger partial charge >= 0.3 is 0 Å². The van der Waals surface area contributed by atoms with E-state index in [0.29, 0.717) is 0 Å². The molecule has 1 N–H and O–H groups in total. The van der Waals surface area contributed by atoms with Crippen LogP contribution in [0.4, 0.5) is 5.82 Å². The summed E-state index contributed by atoms with van der Waals surface area (Å²) in [6.07, 6.45) is 1.75. The van der Waals surface area contributed by atoms with Gasteiger partial charge in [-0.2, -0.15) is 0 Å². The normalized spacial score (nSPS) is 10.5. The molecule has 0 fully saturated rings. The van der Waals surface area contributed by atoms with Crippen LogP contribution < -0.4 is 4.90 Å². The van der Waals surface area contributed by atoms with Crippen molar-refractivity contribution >= 4 is 5.82 Å². The highest BCUT2D eigenvalue weighted by molar-refractivity contribution is 5.47. The first-order chi connectivity index (χ1) is 9.24. The van der Waals surface area contributed by atoms with E-state index in [1.54, 1.807) is 6.20 Å². The molecule has 0 amide bonds. The van der Waals surface area contributed by atoms with Crippen LogP contribution in [-0.4, -0.2) is 16.6 Å². The molecular formula is C16H20N2O. The van der Waals surface area contributed by atoms with E-state index in [9.17, 15) is 0 Å². The fraction of sp³-hybridized carbons (Fsp3) is 0.312. The molecule has 0 aliphatic carbocycles. The van der Waals surface area contributed by atoms with Crippen LogP contribution >= 0.6 is 0 Å². The first-order valence-electron chi connectivity index (χ1n) is 6.60. The van der Waals surface area contributed by atoms with E-state index in [2.05, 4.69) is 41.1 Å². The van der Waals surface area contributed by atoms with E-state index in [0.717, 1.165) is 30.0 Å². The summed E-state index contributed by atoms with van der Waals surface area (Å²) in [6, 6.07) is 12.4. The lowest BCUT2D eigenvalue weighted by molar-refractivity contribution is 0.281. The molecule has 1 heterocycles. The summed E-state index contributed by atoms with van der Waals surface area (Å²) >= 11 is 0. The van der Waals surface area contributed by atoms with Gasteiger partial charge in [-0.05, 0) is 36.6 Å². The number of aliphatic hydroxyl groups excluding tert-OH is 1. The van der Waals surface area contributed by atoms with Gasteiger partial charge in [0.1, 0.15) is 5.82 Å². The predicted octanol–water partition coefficient (Wildman–Crippen LogP) is 2.91. The van der Waals surface area contributed by atoms with E-state index in [-0.39, 0.29) is 6.61 Å². The van der Waals surface area contributed by atoms with Crippen molar-refractivity contribution in [3.8, 4) is 0 Å². The molecular weight excluding hydrogens is 236 g/mol. The molecule has 3 heteroatoms. The fourth-order valence-corrected chi connectivity index (χ4v) is 2.18. The van der Waals surface area contributed by atoms with Crippen LogP contribution in [0.3, 0.4) is 0 Å². The number of benzene rings is 1. The lowest BCUT2D eigenvalue weighted by Gasteiger charge is -2.24. The Bertz CT molecular complexity index is 526. The van der Waals surface area contributed by atoms with Gasteiger partial charge in [0.15, 0.2) is 0 Å². The monoisotopic (exact) mass is 256 g/mol. The molecule has 0 spiro atoms. The molecule has 2 aromatic rings. The second kappa shape index (κ2) is 6.34. The Hall–Kier alpha value is -1.87. The number of pyridine rings is 1. The van der Waals surface area contributed by atoms with Crippen LogP contribution in [-0.2, 0) is 13.2 Å². The SMILES string of the molecule is CCN(Cc1ccccc1)c1ncc(CO)cc1C. The predicted molar refractivity (Wildman–Crippen MR) is 78.1 cm³/mol. The minimum absolute atomic E-state index is 0.0406. The number of hydrogen-bond donors (Lipinski definition) is 1. The second-order valence-corrected chi connectivity index (χ2v) is 4.64. The second-order valence-electron chi connectivity index (χ2n) is 4.64. The third kappa shape index (κ3) is 3.32. The molecule has 3 nitrogen and oxygen atoms in total. The van der Waals surface area contributed by atoms with E-state index < -0.39 is 0 Å². The van der Waals surface area contributed by atoms with Crippen molar-refractivity contribution in [2.24, 2.45) is 0 Å². The van der Waals surface area contributed by atoms with Gasteiger partial charge in [-0.1, -0.05) is 30.3 Å². The van der Waals surface area contributed by atoms with Crippen molar-refractivity contribution in [3.05, 3.63) is 59.3 Å². The molecule has 0 saturated heterocycles. The summed E-state index contributed by atoms with van der Waals surface area (Å²) in [5.74, 6) is 0.989. The number of rotatable bonds is 5. The van der Waals surface area contributed by atoms with Gasteiger partial charge in [0.2, 0.25) is 0 Å². The number of nitrogens with zero attached hydrogens (tertiary/aromatic N) is 2. The van der Waals surface area contributed by atoms with Gasteiger partial charge in [0.05, 0.1) is 6.61 Å². The van der Waals surface area contributed by atoms with Crippen LogP contribution in [0.1, 0.15) is 23.6 Å². The van der Waals surface area contributed by atoms with E-state index in [1.807, 2.05) is 19.1 Å². The molecule has 0 aliphatic heterocycles. The average Bonchev–Trinajstić information content (AvgIpc) is 2.46. The number of aryl methyl sites for hydroxylation is 1. The van der Waals surface area contributed by atoms with Crippen molar-refractivity contribution in [1.82, 2.24) is 4.98 Å². The summed E-state index contributed by atoms with van der Waals surface area (Å²) in [6.45, 7) is 5.96. The number of anilines is 1. The molecule has 0 unspecified atom stereocenters. The van der Waals surface area contributed by atoms with Crippen LogP contribution in [0.5, 0.6) is 0 Å². The van der Waals surface area contributed by atoms with Gasteiger partial charge in [-0.3, -0.25) is 0 Å². The Kier molecular flexibility index (Phi) is 4.53. The molecule has 19 heavy (non-hydrogen) atoms. The molecule has 0 bridgehead atoms. The first-order valence-corrected chi connectivity index (χ1v) is 6.60. The number of aliphatic hydroxyl groups is 1. The van der Waals surface area contributed by atoms with Crippen molar-refractivity contribution in [1.29, 1.82) is 0 Å². The number of aromatic nitrogens is 1. The summed E-state index contributed by atoms with van der Waals surface area (Å²) in [4.78, 5) is 6.72. The van der Waals surface area contributed by atoms with E-state index >= 15 is 0 Å². The Labute approximate surface area is 114 Å². The van der Waals surface area contributed by atoms with Crippen LogP contribution in [0, 0.1) is 6.92 Å². The highest BCUT2D eigenvalue weighted by Crippen LogP contribution is 2.20. The van der Waals surface area contributed by atoms with E-state index in [4.69, 9.17) is 5.11 Å². The smallest absolute Gasteiger partial charge is 0.131 e. The van der Waals surface area contributed by atoms with Crippen molar-refractivity contribution in [2.45, 2.75) is 27.0 Å². The lowest BCUT2D eigenvalue weighted by Crippen LogP contribution is -2.24.